The molecule has 0 aromatic carbocycles. The van der Waals surface area contributed by atoms with Crippen molar-refractivity contribution in [1.82, 2.24) is 10.6 Å². The molecule has 3 N–H and O–H groups in total. The number of aliphatic carboxylic acids is 1. The zero-order valence-corrected chi connectivity index (χ0v) is 11.9. The highest BCUT2D eigenvalue weighted by atomic mass is 16.5. The summed E-state index contributed by atoms with van der Waals surface area (Å²) in [5, 5.41) is 14.7. The Morgan fingerprint density at radius 1 is 1.35 bits per heavy atom. The zero-order valence-electron chi connectivity index (χ0n) is 11.9. The number of carbonyl (C=O) groups excluding carboxylic acids is 1. The van der Waals surface area contributed by atoms with E-state index in [4.69, 9.17) is 14.6 Å². The molecule has 0 saturated carbocycles. The number of carboxylic acid groups (broad SMARTS) is 1. The van der Waals surface area contributed by atoms with Gasteiger partial charge in [0.25, 0.3) is 0 Å². The maximum absolute atomic E-state index is 11.7. The van der Waals surface area contributed by atoms with Crippen LogP contribution in [0.4, 0.5) is 0 Å². The molecule has 1 atom stereocenters. The van der Waals surface area contributed by atoms with Gasteiger partial charge in [0.05, 0.1) is 12.7 Å². The predicted octanol–water partition coefficient (Wildman–Crippen LogP) is -0.249. The molecule has 0 spiro atoms. The molecule has 0 aromatic heterocycles. The van der Waals surface area contributed by atoms with Crippen molar-refractivity contribution >= 4 is 11.9 Å². The van der Waals surface area contributed by atoms with Gasteiger partial charge in [0.15, 0.2) is 0 Å². The lowest BCUT2D eigenvalue weighted by Crippen LogP contribution is -2.42. The van der Waals surface area contributed by atoms with Crippen molar-refractivity contribution in [2.75, 3.05) is 33.4 Å². The summed E-state index contributed by atoms with van der Waals surface area (Å²) in [5.41, 5.74) is 0. The van der Waals surface area contributed by atoms with Crippen LogP contribution in [0, 0.1) is 0 Å². The maximum atomic E-state index is 11.7. The normalized spacial score (nSPS) is 17.6. The molecular weight excluding hydrogens is 264 g/mol. The molecule has 1 aliphatic heterocycles. The van der Waals surface area contributed by atoms with Crippen molar-refractivity contribution in [3.05, 3.63) is 0 Å². The average Bonchev–Trinajstić information content (AvgIpc) is 2.44. The largest absolute Gasteiger partial charge is 0.480 e. The quantitative estimate of drug-likeness (QED) is 0.541. The number of hydrogen-bond donors (Lipinski definition) is 3. The molecule has 1 amide bonds. The minimum atomic E-state index is -1.05. The van der Waals surface area contributed by atoms with E-state index in [0.717, 1.165) is 25.9 Å². The van der Waals surface area contributed by atoms with Crippen LogP contribution < -0.4 is 10.6 Å². The van der Waals surface area contributed by atoms with E-state index in [-0.39, 0.29) is 24.9 Å². The van der Waals surface area contributed by atoms with Gasteiger partial charge in [-0.05, 0) is 25.9 Å². The van der Waals surface area contributed by atoms with Gasteiger partial charge < -0.3 is 25.2 Å². The van der Waals surface area contributed by atoms with Crippen LogP contribution >= 0.6 is 0 Å². The summed E-state index contributed by atoms with van der Waals surface area (Å²) < 4.78 is 10.4. The molecule has 1 heterocycles. The lowest BCUT2D eigenvalue weighted by Gasteiger charge is -2.23. The van der Waals surface area contributed by atoms with Gasteiger partial charge in [0, 0.05) is 26.6 Å². The lowest BCUT2D eigenvalue weighted by molar-refractivity contribution is -0.142. The van der Waals surface area contributed by atoms with E-state index in [2.05, 4.69) is 10.6 Å². The molecular formula is C13H24N2O5. The third-order valence-corrected chi connectivity index (χ3v) is 3.21. The van der Waals surface area contributed by atoms with E-state index in [1.165, 1.54) is 7.11 Å². The summed E-state index contributed by atoms with van der Waals surface area (Å²) in [7, 11) is 1.49. The highest BCUT2D eigenvalue weighted by Gasteiger charge is 2.20. The molecule has 116 valence electrons. The highest BCUT2D eigenvalue weighted by molar-refractivity contribution is 5.83. The topological polar surface area (TPSA) is 96.9 Å². The SMILES string of the molecule is COCCC(NC(=O)CCOC1CCNCC1)C(=O)O. The van der Waals surface area contributed by atoms with Gasteiger partial charge in [0.2, 0.25) is 5.91 Å². The second-order valence-corrected chi connectivity index (χ2v) is 4.81. The number of amides is 1. The van der Waals surface area contributed by atoms with Gasteiger partial charge in [-0.2, -0.15) is 0 Å². The van der Waals surface area contributed by atoms with E-state index in [1.807, 2.05) is 0 Å². The highest BCUT2D eigenvalue weighted by Crippen LogP contribution is 2.07. The van der Waals surface area contributed by atoms with Crippen LogP contribution in [0.25, 0.3) is 0 Å². The number of piperidine rings is 1. The number of carbonyl (C=O) groups is 2. The van der Waals surface area contributed by atoms with E-state index < -0.39 is 12.0 Å². The summed E-state index contributed by atoms with van der Waals surface area (Å²) in [6.07, 6.45) is 2.54. The van der Waals surface area contributed by atoms with Gasteiger partial charge in [-0.3, -0.25) is 4.79 Å². The summed E-state index contributed by atoms with van der Waals surface area (Å²) >= 11 is 0. The Morgan fingerprint density at radius 3 is 2.65 bits per heavy atom. The first-order chi connectivity index (χ1) is 9.63. The second kappa shape index (κ2) is 9.68. The number of rotatable bonds is 9. The van der Waals surface area contributed by atoms with Gasteiger partial charge >= 0.3 is 5.97 Å². The maximum Gasteiger partial charge on any atom is 0.326 e. The van der Waals surface area contributed by atoms with Crippen LogP contribution in [0.5, 0.6) is 0 Å². The molecule has 0 aromatic rings. The summed E-state index contributed by atoms with van der Waals surface area (Å²) in [6, 6.07) is -0.902. The van der Waals surface area contributed by atoms with Crippen molar-refractivity contribution in [2.45, 2.75) is 37.8 Å². The standard InChI is InChI=1S/C13H24N2O5/c1-19-8-4-11(13(17)18)15-12(16)5-9-20-10-2-6-14-7-3-10/h10-11,14H,2-9H2,1H3,(H,15,16)(H,17,18). The van der Waals surface area contributed by atoms with Crippen molar-refractivity contribution in [3.8, 4) is 0 Å². The minimum absolute atomic E-state index is 0.181. The fraction of sp³-hybridized carbons (Fsp3) is 0.846. The molecule has 1 rings (SSSR count). The summed E-state index contributed by atoms with van der Waals surface area (Å²) in [6.45, 7) is 2.50. The Hall–Kier alpha value is -1.18. The van der Waals surface area contributed by atoms with E-state index in [0.29, 0.717) is 13.2 Å². The van der Waals surface area contributed by atoms with E-state index in [9.17, 15) is 9.59 Å². The first kappa shape index (κ1) is 16.9. The lowest BCUT2D eigenvalue weighted by atomic mass is 10.1. The van der Waals surface area contributed by atoms with Gasteiger partial charge in [0.1, 0.15) is 6.04 Å². The molecule has 1 saturated heterocycles. The molecule has 1 fully saturated rings. The van der Waals surface area contributed by atoms with Crippen LogP contribution in [-0.4, -0.2) is 62.5 Å². The monoisotopic (exact) mass is 288 g/mol. The summed E-state index contributed by atoms with van der Waals surface area (Å²) in [5.74, 6) is -1.35. The fourth-order valence-corrected chi connectivity index (χ4v) is 2.04. The third kappa shape index (κ3) is 6.83. The van der Waals surface area contributed by atoms with Gasteiger partial charge in [-0.15, -0.1) is 0 Å². The van der Waals surface area contributed by atoms with Crippen LogP contribution in [0.15, 0.2) is 0 Å². The number of hydrogen-bond acceptors (Lipinski definition) is 5. The molecule has 1 unspecified atom stereocenters. The second-order valence-electron chi connectivity index (χ2n) is 4.81. The van der Waals surface area contributed by atoms with Crippen molar-refractivity contribution in [1.29, 1.82) is 0 Å². The zero-order chi connectivity index (χ0) is 14.8. The molecule has 7 heteroatoms. The van der Waals surface area contributed by atoms with E-state index in [1.54, 1.807) is 0 Å². The Labute approximate surface area is 119 Å². The molecule has 0 bridgehead atoms. The van der Waals surface area contributed by atoms with Crippen molar-refractivity contribution in [3.63, 3.8) is 0 Å². The number of ether oxygens (including phenoxy) is 2. The molecule has 1 aliphatic rings. The van der Waals surface area contributed by atoms with Crippen LogP contribution in [0.1, 0.15) is 25.7 Å². The van der Waals surface area contributed by atoms with Crippen LogP contribution in [0.2, 0.25) is 0 Å². The van der Waals surface area contributed by atoms with Gasteiger partial charge in [-0.25, -0.2) is 4.79 Å². The molecule has 0 aliphatic carbocycles. The Bertz CT molecular complexity index is 305. The molecule has 7 nitrogen and oxygen atoms in total. The first-order valence-corrected chi connectivity index (χ1v) is 6.97. The Kier molecular flexibility index (Phi) is 8.17. The van der Waals surface area contributed by atoms with Crippen LogP contribution in [0.3, 0.4) is 0 Å². The number of nitrogens with one attached hydrogen (secondary N) is 2. The smallest absolute Gasteiger partial charge is 0.326 e. The van der Waals surface area contributed by atoms with Gasteiger partial charge in [-0.1, -0.05) is 0 Å². The minimum Gasteiger partial charge on any atom is -0.480 e. The van der Waals surface area contributed by atoms with Crippen molar-refractivity contribution in [2.24, 2.45) is 0 Å². The summed E-state index contributed by atoms with van der Waals surface area (Å²) in [4.78, 5) is 22.6. The fourth-order valence-electron chi connectivity index (χ4n) is 2.04. The number of methoxy groups -OCH3 is 1. The predicted molar refractivity (Wildman–Crippen MR) is 72.5 cm³/mol. The molecule has 0 radical (unpaired) electrons. The van der Waals surface area contributed by atoms with Crippen molar-refractivity contribution < 1.29 is 24.2 Å². The average molecular weight is 288 g/mol. The molecule has 20 heavy (non-hydrogen) atoms. The number of carboxylic acids is 1. The first-order valence-electron chi connectivity index (χ1n) is 6.97. The Balaban J connectivity index is 2.18. The van der Waals surface area contributed by atoms with E-state index >= 15 is 0 Å². The Morgan fingerprint density at radius 2 is 2.05 bits per heavy atom. The van der Waals surface area contributed by atoms with Crippen LogP contribution in [-0.2, 0) is 19.1 Å². The third-order valence-electron chi connectivity index (χ3n) is 3.21.